The van der Waals surface area contributed by atoms with Gasteiger partial charge in [0.1, 0.15) is 0 Å². The van der Waals surface area contributed by atoms with Crippen molar-refractivity contribution in [3.63, 3.8) is 0 Å². The highest BCUT2D eigenvalue weighted by atomic mass is 16.2. The average molecular weight is 365 g/mol. The number of nitrogens with one attached hydrogen (secondary N) is 2. The van der Waals surface area contributed by atoms with Gasteiger partial charge in [-0.3, -0.25) is 9.59 Å². The summed E-state index contributed by atoms with van der Waals surface area (Å²) in [6.45, 7) is 12.1. The Morgan fingerprint density at radius 2 is 1.59 bits per heavy atom. The molecule has 0 fully saturated rings. The maximum Gasteiger partial charge on any atom is 0.255 e. The van der Waals surface area contributed by atoms with Crippen molar-refractivity contribution in [1.82, 2.24) is 5.32 Å². The number of hydrogen-bond donors (Lipinski definition) is 2. The van der Waals surface area contributed by atoms with Crippen LogP contribution in [-0.4, -0.2) is 31.4 Å². The summed E-state index contributed by atoms with van der Waals surface area (Å²) in [5, 5.41) is 5.65. The molecule has 2 amide bonds. The molecule has 0 saturated carbocycles. The minimum Gasteiger partial charge on any atom is -0.372 e. The fourth-order valence-electron chi connectivity index (χ4n) is 2.81. The van der Waals surface area contributed by atoms with Gasteiger partial charge in [0.2, 0.25) is 0 Å². The monoisotopic (exact) mass is 365 g/mol. The second-order valence-electron chi connectivity index (χ2n) is 6.20. The normalized spacial score (nSPS) is 10.2. The Balaban J connectivity index is 2.08. The quantitative estimate of drug-likeness (QED) is 0.695. The van der Waals surface area contributed by atoms with Crippen LogP contribution in [0.2, 0.25) is 0 Å². The predicted molar refractivity (Wildman–Crippen MR) is 112 cm³/mol. The van der Waals surface area contributed by atoms with Crippen LogP contribution in [0.4, 0.5) is 11.4 Å². The Morgan fingerprint density at radius 3 is 2.11 bits per heavy atom. The topological polar surface area (TPSA) is 61.4 Å². The molecule has 2 aromatic rings. The van der Waals surface area contributed by atoms with Crippen LogP contribution in [0, 0.1) is 6.92 Å². The van der Waals surface area contributed by atoms with Crippen LogP contribution in [0.3, 0.4) is 0 Å². The molecule has 5 nitrogen and oxygen atoms in total. The molecule has 0 saturated heterocycles. The van der Waals surface area contributed by atoms with Gasteiger partial charge in [-0.15, -0.1) is 6.58 Å². The molecule has 2 rings (SSSR count). The second-order valence-corrected chi connectivity index (χ2v) is 6.20. The van der Waals surface area contributed by atoms with E-state index in [9.17, 15) is 9.59 Å². The van der Waals surface area contributed by atoms with Gasteiger partial charge < -0.3 is 15.5 Å². The first-order valence-corrected chi connectivity index (χ1v) is 9.16. The summed E-state index contributed by atoms with van der Waals surface area (Å²) >= 11 is 0. The molecule has 5 heteroatoms. The van der Waals surface area contributed by atoms with Crippen molar-refractivity contribution in [2.75, 3.05) is 29.9 Å². The number of aryl methyl sites for hydroxylation is 1. The summed E-state index contributed by atoms with van der Waals surface area (Å²) in [5.74, 6) is -0.392. The standard InChI is InChI=1S/C22H27N3O2/c1-5-14-23-21(26)17-8-10-18(11-9-17)22(27)24-20-13-12-19(15-16(20)4)25(6-2)7-3/h5,8-13,15H,1,6-7,14H2,2-4H3,(H,23,26)(H,24,27). The number of nitrogens with zero attached hydrogens (tertiary/aromatic N) is 1. The molecule has 0 aliphatic rings. The number of rotatable bonds is 8. The molecular weight excluding hydrogens is 338 g/mol. The Kier molecular flexibility index (Phi) is 7.17. The maximum absolute atomic E-state index is 12.5. The fraction of sp³-hybridized carbons (Fsp3) is 0.273. The summed E-state index contributed by atoms with van der Waals surface area (Å²) in [6.07, 6.45) is 1.62. The smallest absolute Gasteiger partial charge is 0.255 e. The van der Waals surface area contributed by atoms with Crippen molar-refractivity contribution in [3.05, 3.63) is 71.8 Å². The zero-order valence-electron chi connectivity index (χ0n) is 16.2. The Bertz CT molecular complexity index is 809. The van der Waals surface area contributed by atoms with E-state index in [2.05, 4.69) is 42.0 Å². The van der Waals surface area contributed by atoms with E-state index >= 15 is 0 Å². The highest BCUT2D eigenvalue weighted by Gasteiger charge is 2.11. The molecule has 0 atom stereocenters. The summed E-state index contributed by atoms with van der Waals surface area (Å²) < 4.78 is 0. The van der Waals surface area contributed by atoms with E-state index in [0.717, 1.165) is 30.0 Å². The molecule has 0 heterocycles. The maximum atomic E-state index is 12.5. The molecule has 142 valence electrons. The lowest BCUT2D eigenvalue weighted by Crippen LogP contribution is -2.23. The number of hydrogen-bond acceptors (Lipinski definition) is 3. The Hall–Kier alpha value is -3.08. The van der Waals surface area contributed by atoms with E-state index in [1.54, 1.807) is 30.3 Å². The van der Waals surface area contributed by atoms with Gasteiger partial charge in [-0.2, -0.15) is 0 Å². The van der Waals surface area contributed by atoms with Crippen LogP contribution in [0.5, 0.6) is 0 Å². The van der Waals surface area contributed by atoms with Crippen molar-refractivity contribution >= 4 is 23.2 Å². The molecule has 0 spiro atoms. The minimum atomic E-state index is -0.202. The molecule has 0 bridgehead atoms. The molecule has 2 aromatic carbocycles. The molecule has 0 unspecified atom stereocenters. The SMILES string of the molecule is C=CCNC(=O)c1ccc(C(=O)Nc2ccc(N(CC)CC)cc2C)cc1. The number of carbonyl (C=O) groups excluding carboxylic acids is 2. The van der Waals surface area contributed by atoms with E-state index in [0.29, 0.717) is 17.7 Å². The number of benzene rings is 2. The molecule has 0 radical (unpaired) electrons. The van der Waals surface area contributed by atoms with Gasteiger partial charge >= 0.3 is 0 Å². The van der Waals surface area contributed by atoms with E-state index < -0.39 is 0 Å². The fourth-order valence-corrected chi connectivity index (χ4v) is 2.81. The lowest BCUT2D eigenvalue weighted by atomic mass is 10.1. The van der Waals surface area contributed by atoms with Gasteiger partial charge in [0.05, 0.1) is 0 Å². The summed E-state index contributed by atoms with van der Waals surface area (Å²) in [7, 11) is 0. The van der Waals surface area contributed by atoms with E-state index in [1.165, 1.54) is 0 Å². The van der Waals surface area contributed by atoms with Crippen molar-refractivity contribution < 1.29 is 9.59 Å². The first kappa shape index (κ1) is 20.2. The molecule has 2 N–H and O–H groups in total. The van der Waals surface area contributed by atoms with Gasteiger partial charge in [0, 0.05) is 42.1 Å². The predicted octanol–water partition coefficient (Wildman–Crippen LogP) is 4.01. The molecule has 0 aliphatic carbocycles. The van der Waals surface area contributed by atoms with Crippen LogP contribution in [0.15, 0.2) is 55.1 Å². The van der Waals surface area contributed by atoms with Crippen LogP contribution in [-0.2, 0) is 0 Å². The number of carbonyl (C=O) groups is 2. The largest absolute Gasteiger partial charge is 0.372 e. The number of amides is 2. The van der Waals surface area contributed by atoms with Crippen LogP contribution >= 0.6 is 0 Å². The summed E-state index contributed by atoms with van der Waals surface area (Å²) in [6, 6.07) is 12.6. The summed E-state index contributed by atoms with van der Waals surface area (Å²) in [4.78, 5) is 26.7. The third-order valence-corrected chi connectivity index (χ3v) is 4.40. The second kappa shape index (κ2) is 9.57. The molecule has 0 aliphatic heterocycles. The summed E-state index contributed by atoms with van der Waals surface area (Å²) in [5.41, 5.74) is 3.94. The molecule has 0 aromatic heterocycles. The van der Waals surface area contributed by atoms with E-state index in [4.69, 9.17) is 0 Å². The lowest BCUT2D eigenvalue weighted by molar-refractivity contribution is 0.0956. The average Bonchev–Trinajstić information content (AvgIpc) is 2.69. The van der Waals surface area contributed by atoms with E-state index in [1.807, 2.05) is 19.1 Å². The van der Waals surface area contributed by atoms with Crippen LogP contribution in [0.1, 0.15) is 40.1 Å². The van der Waals surface area contributed by atoms with Crippen molar-refractivity contribution in [3.8, 4) is 0 Å². The van der Waals surface area contributed by atoms with Crippen LogP contribution in [0.25, 0.3) is 0 Å². The van der Waals surface area contributed by atoms with E-state index in [-0.39, 0.29) is 11.8 Å². The first-order valence-electron chi connectivity index (χ1n) is 9.16. The van der Waals surface area contributed by atoms with Crippen LogP contribution < -0.4 is 15.5 Å². The molecule has 27 heavy (non-hydrogen) atoms. The first-order chi connectivity index (χ1) is 13.0. The van der Waals surface area contributed by atoms with Gasteiger partial charge in [0.25, 0.3) is 11.8 Å². The van der Waals surface area contributed by atoms with Gasteiger partial charge in [-0.1, -0.05) is 6.08 Å². The van der Waals surface area contributed by atoms with Gasteiger partial charge in [0.15, 0.2) is 0 Å². The van der Waals surface area contributed by atoms with Gasteiger partial charge in [-0.25, -0.2) is 0 Å². The Labute approximate surface area is 161 Å². The zero-order chi connectivity index (χ0) is 19.8. The van der Waals surface area contributed by atoms with Crippen molar-refractivity contribution in [2.24, 2.45) is 0 Å². The molecular formula is C22H27N3O2. The van der Waals surface area contributed by atoms with Crippen molar-refractivity contribution in [2.45, 2.75) is 20.8 Å². The third-order valence-electron chi connectivity index (χ3n) is 4.40. The number of anilines is 2. The third kappa shape index (κ3) is 5.20. The Morgan fingerprint density at radius 1 is 1.00 bits per heavy atom. The highest BCUT2D eigenvalue weighted by molar-refractivity contribution is 6.05. The van der Waals surface area contributed by atoms with Gasteiger partial charge in [-0.05, 0) is 68.8 Å². The van der Waals surface area contributed by atoms with Crippen molar-refractivity contribution in [1.29, 1.82) is 0 Å². The zero-order valence-corrected chi connectivity index (χ0v) is 16.2. The highest BCUT2D eigenvalue weighted by Crippen LogP contribution is 2.23. The lowest BCUT2D eigenvalue weighted by Gasteiger charge is -2.22. The minimum absolute atomic E-state index is 0.190.